The van der Waals surface area contributed by atoms with Crippen molar-refractivity contribution in [2.75, 3.05) is 5.32 Å². The standard InChI is InChI=1S/C15H18N4O2/c1-3-12-13(7-6-10(2)16-12)18-15-17-11(5-4-8-20)9-14(21)19-15/h6-9H,3-5H2,1-2H3,(H2,17,18,19,21). The number of carbonyl (C=O) groups is 1. The van der Waals surface area contributed by atoms with E-state index in [9.17, 15) is 9.59 Å². The Labute approximate surface area is 122 Å². The highest BCUT2D eigenvalue weighted by molar-refractivity contribution is 5.56. The van der Waals surface area contributed by atoms with Gasteiger partial charge in [-0.2, -0.15) is 0 Å². The molecule has 2 heterocycles. The smallest absolute Gasteiger partial charge is 0.252 e. The van der Waals surface area contributed by atoms with Crippen molar-refractivity contribution >= 4 is 17.9 Å². The molecule has 110 valence electrons. The molecule has 2 aromatic heterocycles. The summed E-state index contributed by atoms with van der Waals surface area (Å²) in [6, 6.07) is 5.22. The van der Waals surface area contributed by atoms with Crippen molar-refractivity contribution in [1.29, 1.82) is 0 Å². The van der Waals surface area contributed by atoms with Gasteiger partial charge in [0.1, 0.15) is 6.29 Å². The topological polar surface area (TPSA) is 87.7 Å². The maximum Gasteiger partial charge on any atom is 0.252 e. The van der Waals surface area contributed by atoms with E-state index in [0.717, 1.165) is 29.8 Å². The molecule has 0 bridgehead atoms. The second-order valence-corrected chi connectivity index (χ2v) is 4.72. The van der Waals surface area contributed by atoms with Gasteiger partial charge in [-0.3, -0.25) is 14.8 Å². The summed E-state index contributed by atoms with van der Waals surface area (Å²) in [4.78, 5) is 33.5. The summed E-state index contributed by atoms with van der Waals surface area (Å²) >= 11 is 0. The summed E-state index contributed by atoms with van der Waals surface area (Å²) in [6.45, 7) is 3.95. The molecule has 0 saturated heterocycles. The third kappa shape index (κ3) is 3.98. The van der Waals surface area contributed by atoms with Gasteiger partial charge in [0.05, 0.1) is 17.1 Å². The molecule has 0 amide bonds. The lowest BCUT2D eigenvalue weighted by Gasteiger charge is -2.10. The van der Waals surface area contributed by atoms with Gasteiger partial charge in [0, 0.05) is 18.2 Å². The average Bonchev–Trinajstić information content (AvgIpc) is 2.46. The van der Waals surface area contributed by atoms with Gasteiger partial charge in [0.25, 0.3) is 5.56 Å². The number of anilines is 2. The molecular formula is C15H18N4O2. The lowest BCUT2D eigenvalue weighted by molar-refractivity contribution is -0.107. The van der Waals surface area contributed by atoms with Gasteiger partial charge in [-0.1, -0.05) is 6.92 Å². The number of nitrogens with zero attached hydrogens (tertiary/aromatic N) is 2. The summed E-state index contributed by atoms with van der Waals surface area (Å²) in [5, 5.41) is 3.09. The first-order valence-electron chi connectivity index (χ1n) is 6.89. The van der Waals surface area contributed by atoms with Gasteiger partial charge in [-0.25, -0.2) is 4.98 Å². The second-order valence-electron chi connectivity index (χ2n) is 4.72. The van der Waals surface area contributed by atoms with E-state index in [1.807, 2.05) is 26.0 Å². The van der Waals surface area contributed by atoms with Gasteiger partial charge < -0.3 is 10.1 Å². The van der Waals surface area contributed by atoms with Crippen LogP contribution in [0.4, 0.5) is 11.6 Å². The van der Waals surface area contributed by atoms with Crippen LogP contribution in [0.1, 0.15) is 30.4 Å². The minimum absolute atomic E-state index is 0.244. The minimum atomic E-state index is -0.244. The number of rotatable bonds is 6. The maximum atomic E-state index is 11.6. The highest BCUT2D eigenvalue weighted by Crippen LogP contribution is 2.17. The molecular weight excluding hydrogens is 268 g/mol. The lowest BCUT2D eigenvalue weighted by atomic mass is 10.2. The molecule has 2 aromatic rings. The first-order valence-corrected chi connectivity index (χ1v) is 6.89. The fraction of sp³-hybridized carbons (Fsp3) is 0.333. The molecule has 2 N–H and O–H groups in total. The van der Waals surface area contributed by atoms with Crippen molar-refractivity contribution in [3.63, 3.8) is 0 Å². The summed E-state index contributed by atoms with van der Waals surface area (Å²) in [5.74, 6) is 0.365. The molecule has 2 rings (SSSR count). The van der Waals surface area contributed by atoms with Crippen molar-refractivity contribution in [2.24, 2.45) is 0 Å². The van der Waals surface area contributed by atoms with Gasteiger partial charge in [0.15, 0.2) is 0 Å². The third-order valence-electron chi connectivity index (χ3n) is 3.01. The Morgan fingerprint density at radius 2 is 2.14 bits per heavy atom. The number of nitrogens with one attached hydrogen (secondary N) is 2. The van der Waals surface area contributed by atoms with Gasteiger partial charge >= 0.3 is 0 Å². The lowest BCUT2D eigenvalue weighted by Crippen LogP contribution is -2.13. The highest BCUT2D eigenvalue weighted by atomic mass is 16.1. The summed E-state index contributed by atoms with van der Waals surface area (Å²) in [5.41, 5.74) is 3.02. The van der Waals surface area contributed by atoms with Crippen molar-refractivity contribution in [3.8, 4) is 0 Å². The molecule has 0 aromatic carbocycles. The SMILES string of the molecule is CCc1nc(C)ccc1Nc1nc(CCC=O)cc(=O)[nH]1. The van der Waals surface area contributed by atoms with Crippen LogP contribution >= 0.6 is 0 Å². The Kier molecular flexibility index (Phi) is 4.81. The van der Waals surface area contributed by atoms with Gasteiger partial charge in [-0.15, -0.1) is 0 Å². The van der Waals surface area contributed by atoms with Crippen LogP contribution in [0.3, 0.4) is 0 Å². The molecule has 0 atom stereocenters. The average molecular weight is 286 g/mol. The molecule has 0 saturated carbocycles. The Balaban J connectivity index is 2.28. The van der Waals surface area contributed by atoms with Crippen LogP contribution in [-0.2, 0) is 17.6 Å². The summed E-state index contributed by atoms with van der Waals surface area (Å²) < 4.78 is 0. The molecule has 21 heavy (non-hydrogen) atoms. The second kappa shape index (κ2) is 6.78. The fourth-order valence-electron chi connectivity index (χ4n) is 2.02. The van der Waals surface area contributed by atoms with Crippen LogP contribution in [-0.4, -0.2) is 21.2 Å². The van der Waals surface area contributed by atoms with E-state index in [0.29, 0.717) is 24.5 Å². The molecule has 0 aliphatic heterocycles. The zero-order chi connectivity index (χ0) is 15.2. The van der Waals surface area contributed by atoms with Crippen LogP contribution in [0.25, 0.3) is 0 Å². The number of hydrogen-bond acceptors (Lipinski definition) is 5. The first-order chi connectivity index (χ1) is 10.1. The molecule has 0 fully saturated rings. The number of aromatic nitrogens is 3. The van der Waals surface area contributed by atoms with E-state index in [4.69, 9.17) is 0 Å². The van der Waals surface area contributed by atoms with Gasteiger partial charge in [0.2, 0.25) is 5.95 Å². The van der Waals surface area contributed by atoms with Crippen LogP contribution in [0.15, 0.2) is 23.0 Å². The van der Waals surface area contributed by atoms with Crippen LogP contribution in [0, 0.1) is 6.92 Å². The zero-order valence-electron chi connectivity index (χ0n) is 12.1. The number of aryl methyl sites for hydroxylation is 3. The van der Waals surface area contributed by atoms with Crippen LogP contribution in [0.5, 0.6) is 0 Å². The number of carbonyl (C=O) groups excluding carboxylic acids is 1. The van der Waals surface area contributed by atoms with E-state index >= 15 is 0 Å². The Morgan fingerprint density at radius 1 is 1.33 bits per heavy atom. The minimum Gasteiger partial charge on any atom is -0.324 e. The molecule has 6 heteroatoms. The molecule has 0 radical (unpaired) electrons. The quantitative estimate of drug-likeness (QED) is 0.792. The number of aldehydes is 1. The zero-order valence-corrected chi connectivity index (χ0v) is 12.1. The molecule has 0 unspecified atom stereocenters. The predicted octanol–water partition coefficient (Wildman–Crippen LogP) is 1.91. The van der Waals surface area contributed by atoms with Crippen LogP contribution in [0.2, 0.25) is 0 Å². The molecule has 6 nitrogen and oxygen atoms in total. The number of hydrogen-bond donors (Lipinski definition) is 2. The predicted molar refractivity (Wildman–Crippen MR) is 80.9 cm³/mol. The van der Waals surface area contributed by atoms with Crippen molar-refractivity contribution in [2.45, 2.75) is 33.1 Å². The van der Waals surface area contributed by atoms with Crippen LogP contribution < -0.4 is 10.9 Å². The maximum absolute atomic E-state index is 11.6. The van der Waals surface area contributed by atoms with E-state index in [1.54, 1.807) is 0 Å². The molecule has 0 spiro atoms. The molecule has 0 aliphatic rings. The number of aromatic amines is 1. The summed E-state index contributed by atoms with van der Waals surface area (Å²) in [6.07, 6.45) is 2.39. The monoisotopic (exact) mass is 286 g/mol. The first kappa shape index (κ1) is 14.9. The Bertz CT molecular complexity index is 694. The highest BCUT2D eigenvalue weighted by Gasteiger charge is 2.06. The number of H-pyrrole nitrogens is 1. The fourth-order valence-corrected chi connectivity index (χ4v) is 2.02. The van der Waals surface area contributed by atoms with E-state index < -0.39 is 0 Å². The normalized spacial score (nSPS) is 10.4. The van der Waals surface area contributed by atoms with E-state index in [2.05, 4.69) is 20.3 Å². The van der Waals surface area contributed by atoms with Crippen molar-refractivity contribution in [1.82, 2.24) is 15.0 Å². The summed E-state index contributed by atoms with van der Waals surface area (Å²) in [7, 11) is 0. The van der Waals surface area contributed by atoms with E-state index in [-0.39, 0.29) is 5.56 Å². The Morgan fingerprint density at radius 3 is 2.86 bits per heavy atom. The van der Waals surface area contributed by atoms with E-state index in [1.165, 1.54) is 6.07 Å². The van der Waals surface area contributed by atoms with Crippen molar-refractivity contribution < 1.29 is 4.79 Å². The molecule has 0 aliphatic carbocycles. The largest absolute Gasteiger partial charge is 0.324 e. The Hall–Kier alpha value is -2.50. The third-order valence-corrected chi connectivity index (χ3v) is 3.01. The van der Waals surface area contributed by atoms with Crippen molar-refractivity contribution in [3.05, 3.63) is 45.6 Å². The van der Waals surface area contributed by atoms with Gasteiger partial charge in [-0.05, 0) is 31.9 Å². The number of pyridine rings is 1.